The topological polar surface area (TPSA) is 53.1 Å². The van der Waals surface area contributed by atoms with Crippen LogP contribution < -0.4 is 10.5 Å². The van der Waals surface area contributed by atoms with E-state index in [0.717, 1.165) is 0 Å². The third kappa shape index (κ3) is 3.17. The van der Waals surface area contributed by atoms with Gasteiger partial charge in [0, 0.05) is 16.7 Å². The molecule has 1 aliphatic rings. The average molecular weight is 465 g/mol. The largest absolute Gasteiger partial charge is 0.573 e. The molecule has 1 aromatic heterocycles. The molecule has 0 aliphatic carbocycles. The van der Waals surface area contributed by atoms with Gasteiger partial charge in [0.15, 0.2) is 0 Å². The summed E-state index contributed by atoms with van der Waals surface area (Å²) in [6, 6.07) is 5.65. The van der Waals surface area contributed by atoms with E-state index < -0.39 is 30.0 Å². The summed E-state index contributed by atoms with van der Waals surface area (Å²) in [4.78, 5) is 4.36. The molecular formula is C17H11BrClF4N3O. The molecule has 1 aliphatic heterocycles. The minimum Gasteiger partial charge on any atom is -0.405 e. The van der Waals surface area contributed by atoms with Gasteiger partial charge in [-0.05, 0) is 40.5 Å². The monoisotopic (exact) mass is 463 g/mol. The number of halogens is 6. The highest BCUT2D eigenvalue weighted by atomic mass is 79.9. The highest BCUT2D eigenvalue weighted by Gasteiger charge is 2.38. The van der Waals surface area contributed by atoms with Crippen molar-refractivity contribution in [2.75, 3.05) is 0 Å². The third-order valence-corrected chi connectivity index (χ3v) is 5.39. The second kappa shape index (κ2) is 6.35. The molecule has 2 aromatic carbocycles. The molecular weight excluding hydrogens is 454 g/mol. The number of rotatable bonds is 2. The average Bonchev–Trinajstić information content (AvgIpc) is 3.05. The summed E-state index contributed by atoms with van der Waals surface area (Å²) >= 11 is 9.36. The summed E-state index contributed by atoms with van der Waals surface area (Å²) in [5.41, 5.74) is 7.20. The van der Waals surface area contributed by atoms with Crippen molar-refractivity contribution in [1.29, 1.82) is 0 Å². The molecule has 0 fully saturated rings. The van der Waals surface area contributed by atoms with Crippen LogP contribution >= 0.6 is 27.5 Å². The number of imidazole rings is 1. The van der Waals surface area contributed by atoms with E-state index in [9.17, 15) is 17.6 Å². The molecule has 27 heavy (non-hydrogen) atoms. The van der Waals surface area contributed by atoms with E-state index in [1.807, 2.05) is 0 Å². The predicted octanol–water partition coefficient (Wildman–Crippen LogP) is 5.48. The fraction of sp³-hybridized carbons (Fsp3) is 0.235. The quantitative estimate of drug-likeness (QED) is 0.511. The SMILES string of the molecule is N[C@H]1C[C@H](c2c(Cl)cccc2OC(F)(F)F)n2c1nc1cc(F)c(Br)cc12. The van der Waals surface area contributed by atoms with Crippen molar-refractivity contribution in [3.8, 4) is 5.75 Å². The Hall–Kier alpha value is -1.84. The van der Waals surface area contributed by atoms with Gasteiger partial charge < -0.3 is 15.0 Å². The highest BCUT2D eigenvalue weighted by Crippen LogP contribution is 2.46. The fourth-order valence-corrected chi connectivity index (χ4v) is 4.07. The van der Waals surface area contributed by atoms with Crippen molar-refractivity contribution >= 4 is 38.6 Å². The minimum atomic E-state index is -4.87. The van der Waals surface area contributed by atoms with Crippen molar-refractivity contribution in [1.82, 2.24) is 9.55 Å². The number of nitrogens with two attached hydrogens (primary N) is 1. The van der Waals surface area contributed by atoms with Crippen LogP contribution in [0.5, 0.6) is 5.75 Å². The Morgan fingerprint density at radius 3 is 2.74 bits per heavy atom. The number of nitrogens with zero attached hydrogens (tertiary/aromatic N) is 2. The molecule has 4 nitrogen and oxygen atoms in total. The first-order valence-corrected chi connectivity index (χ1v) is 8.99. The van der Waals surface area contributed by atoms with Crippen LogP contribution in [0, 0.1) is 5.82 Å². The van der Waals surface area contributed by atoms with Crippen molar-refractivity contribution in [2.45, 2.75) is 24.9 Å². The summed E-state index contributed by atoms with van der Waals surface area (Å²) in [6.45, 7) is 0. The summed E-state index contributed by atoms with van der Waals surface area (Å²) in [5.74, 6) is -0.448. The van der Waals surface area contributed by atoms with Crippen LogP contribution in [0.4, 0.5) is 17.6 Å². The number of hydrogen-bond donors (Lipinski definition) is 1. The van der Waals surface area contributed by atoms with Gasteiger partial charge in [0.1, 0.15) is 17.4 Å². The van der Waals surface area contributed by atoms with E-state index in [1.54, 1.807) is 4.57 Å². The Kier molecular flexibility index (Phi) is 4.36. The third-order valence-electron chi connectivity index (χ3n) is 4.45. The number of ether oxygens (including phenoxy) is 1. The molecule has 2 atom stereocenters. The lowest BCUT2D eigenvalue weighted by Gasteiger charge is -2.21. The second-order valence-electron chi connectivity index (χ2n) is 6.15. The van der Waals surface area contributed by atoms with Gasteiger partial charge in [-0.25, -0.2) is 9.37 Å². The van der Waals surface area contributed by atoms with E-state index in [2.05, 4.69) is 25.7 Å². The van der Waals surface area contributed by atoms with Gasteiger partial charge in [-0.2, -0.15) is 0 Å². The van der Waals surface area contributed by atoms with Crippen LogP contribution in [-0.2, 0) is 0 Å². The zero-order valence-corrected chi connectivity index (χ0v) is 15.7. The molecule has 3 aromatic rings. The highest BCUT2D eigenvalue weighted by molar-refractivity contribution is 9.10. The number of alkyl halides is 3. The van der Waals surface area contributed by atoms with Crippen molar-refractivity contribution in [2.24, 2.45) is 5.73 Å². The van der Waals surface area contributed by atoms with Gasteiger partial charge in [-0.15, -0.1) is 13.2 Å². The molecule has 142 valence electrons. The first kappa shape index (κ1) is 18.5. The normalized spacial score (nSPS) is 19.5. The van der Waals surface area contributed by atoms with Crippen LogP contribution in [0.1, 0.15) is 29.9 Å². The van der Waals surface area contributed by atoms with Crippen LogP contribution in [-0.4, -0.2) is 15.9 Å². The van der Waals surface area contributed by atoms with Crippen LogP contribution in [0.2, 0.25) is 5.02 Å². The van der Waals surface area contributed by atoms with Gasteiger partial charge in [-0.1, -0.05) is 17.7 Å². The molecule has 0 radical (unpaired) electrons. The van der Waals surface area contributed by atoms with Gasteiger partial charge in [-0.3, -0.25) is 0 Å². The van der Waals surface area contributed by atoms with Crippen LogP contribution in [0.15, 0.2) is 34.8 Å². The minimum absolute atomic E-state index is 0.116. The lowest BCUT2D eigenvalue weighted by atomic mass is 10.0. The fourth-order valence-electron chi connectivity index (χ4n) is 3.45. The van der Waals surface area contributed by atoms with Gasteiger partial charge in [0.05, 0.1) is 27.6 Å². The van der Waals surface area contributed by atoms with E-state index in [1.165, 1.54) is 30.3 Å². The second-order valence-corrected chi connectivity index (χ2v) is 7.41. The van der Waals surface area contributed by atoms with E-state index in [-0.39, 0.29) is 21.5 Å². The van der Waals surface area contributed by atoms with E-state index >= 15 is 0 Å². The number of hydrogen-bond acceptors (Lipinski definition) is 3. The molecule has 0 bridgehead atoms. The van der Waals surface area contributed by atoms with E-state index in [4.69, 9.17) is 17.3 Å². The summed E-state index contributed by atoms with van der Waals surface area (Å²) in [7, 11) is 0. The molecule has 0 saturated carbocycles. The summed E-state index contributed by atoms with van der Waals surface area (Å²) < 4.78 is 58.5. The Morgan fingerprint density at radius 2 is 2.04 bits per heavy atom. The lowest BCUT2D eigenvalue weighted by Crippen LogP contribution is -2.19. The Morgan fingerprint density at radius 1 is 1.30 bits per heavy atom. The van der Waals surface area contributed by atoms with Crippen molar-refractivity contribution in [3.63, 3.8) is 0 Å². The van der Waals surface area contributed by atoms with E-state index in [0.29, 0.717) is 16.9 Å². The lowest BCUT2D eigenvalue weighted by molar-refractivity contribution is -0.275. The zero-order valence-electron chi connectivity index (χ0n) is 13.4. The van der Waals surface area contributed by atoms with Gasteiger partial charge >= 0.3 is 6.36 Å². The molecule has 0 spiro atoms. The summed E-state index contributed by atoms with van der Waals surface area (Å²) in [5, 5.41) is 0.116. The molecule has 0 saturated heterocycles. The maximum Gasteiger partial charge on any atom is 0.573 e. The first-order valence-electron chi connectivity index (χ1n) is 7.82. The molecule has 10 heteroatoms. The zero-order chi connectivity index (χ0) is 19.5. The molecule has 4 rings (SSSR count). The predicted molar refractivity (Wildman–Crippen MR) is 95.2 cm³/mol. The van der Waals surface area contributed by atoms with Gasteiger partial charge in [0.2, 0.25) is 0 Å². The van der Waals surface area contributed by atoms with Gasteiger partial charge in [0.25, 0.3) is 0 Å². The molecule has 2 heterocycles. The smallest absolute Gasteiger partial charge is 0.405 e. The first-order chi connectivity index (χ1) is 12.7. The maximum absolute atomic E-state index is 13.8. The summed E-state index contributed by atoms with van der Waals surface area (Å²) in [6.07, 6.45) is -4.59. The Balaban J connectivity index is 1.93. The Labute approximate surface area is 164 Å². The number of benzene rings is 2. The Bertz CT molecular complexity index is 1050. The molecule has 0 unspecified atom stereocenters. The maximum atomic E-state index is 13.8. The molecule has 2 N–H and O–H groups in total. The molecule has 0 amide bonds. The van der Waals surface area contributed by atoms with Crippen LogP contribution in [0.25, 0.3) is 11.0 Å². The standard InChI is InChI=1S/C17H11BrClF4N3O/c18-7-4-12-11(5-9(7)20)25-16-10(24)6-13(26(12)16)15-8(19)2-1-3-14(15)27-17(21,22)23/h1-5,10,13H,6,24H2/t10-,13+/m0/s1. The van der Waals surface area contributed by atoms with Crippen molar-refractivity contribution in [3.05, 3.63) is 57.0 Å². The van der Waals surface area contributed by atoms with Crippen molar-refractivity contribution < 1.29 is 22.3 Å². The van der Waals surface area contributed by atoms with Crippen LogP contribution in [0.3, 0.4) is 0 Å². The number of aromatic nitrogens is 2. The number of fused-ring (bicyclic) bond motifs is 3.